The van der Waals surface area contributed by atoms with E-state index in [1.165, 1.54) is 13.2 Å². The number of para-hydroxylation sites is 1. The number of carbonyl (C=O) groups excluding carboxylic acids is 1. The third-order valence-electron chi connectivity index (χ3n) is 9.97. The van der Waals surface area contributed by atoms with Crippen LogP contribution in [0, 0.1) is 22.6 Å². The number of ether oxygens (including phenoxy) is 3. The van der Waals surface area contributed by atoms with Gasteiger partial charge in [0.25, 0.3) is 5.79 Å². The van der Waals surface area contributed by atoms with Crippen molar-refractivity contribution >= 4 is 34.3 Å². The molecule has 1 unspecified atom stereocenters. The number of pyridine rings is 1. The van der Waals surface area contributed by atoms with E-state index in [-0.39, 0.29) is 23.2 Å². The van der Waals surface area contributed by atoms with Crippen molar-refractivity contribution in [2.75, 3.05) is 25.1 Å². The molecule has 2 aromatic heterocycles. The van der Waals surface area contributed by atoms with Gasteiger partial charge in [-0.1, -0.05) is 17.7 Å². The number of methoxy groups -OCH3 is 1. The van der Waals surface area contributed by atoms with Crippen LogP contribution < -0.4 is 14.4 Å². The topological polar surface area (TPSA) is 106 Å². The quantitative estimate of drug-likeness (QED) is 0.231. The lowest BCUT2D eigenvalue weighted by atomic mass is 9.81. The van der Waals surface area contributed by atoms with Crippen molar-refractivity contribution in [3.63, 3.8) is 0 Å². The summed E-state index contributed by atoms with van der Waals surface area (Å²) in [7, 11) is 1.27. The van der Waals surface area contributed by atoms with E-state index in [0.717, 1.165) is 44.5 Å². The minimum absolute atomic E-state index is 0.124. The van der Waals surface area contributed by atoms with Gasteiger partial charge in [-0.3, -0.25) is 9.88 Å². The lowest BCUT2D eigenvalue weighted by Crippen LogP contribution is -2.64. The molecule has 10 nitrogen and oxygen atoms in total. The average Bonchev–Trinajstić information content (AvgIpc) is 3.60. The van der Waals surface area contributed by atoms with Gasteiger partial charge >= 0.3 is 5.97 Å². The first kappa shape index (κ1) is 29.0. The van der Waals surface area contributed by atoms with Crippen LogP contribution in [0.3, 0.4) is 0 Å². The first-order valence-electron chi connectivity index (χ1n) is 15.5. The second-order valence-corrected chi connectivity index (χ2v) is 13.3. The summed E-state index contributed by atoms with van der Waals surface area (Å²) in [6.45, 7) is 4.27. The van der Waals surface area contributed by atoms with Crippen LogP contribution in [0.15, 0.2) is 48.7 Å². The number of anilines is 1. The van der Waals surface area contributed by atoms with Gasteiger partial charge in [0.05, 0.1) is 46.9 Å². The third-order valence-corrected chi connectivity index (χ3v) is 10.2. The summed E-state index contributed by atoms with van der Waals surface area (Å²) in [6, 6.07) is 15.3. The number of piperazine rings is 1. The van der Waals surface area contributed by atoms with Gasteiger partial charge in [-0.05, 0) is 62.1 Å². The van der Waals surface area contributed by atoms with Gasteiger partial charge in [-0.25, -0.2) is 14.2 Å². The molecule has 4 heterocycles. The molecule has 2 saturated carbocycles. The number of hydrogen-bond donors (Lipinski definition) is 0. The van der Waals surface area contributed by atoms with Crippen LogP contribution in [0.25, 0.3) is 11.0 Å². The Morgan fingerprint density at radius 3 is 2.70 bits per heavy atom. The normalized spacial score (nSPS) is 24.3. The number of fused-ring (bicyclic) bond motifs is 3. The monoisotopic (exact) mass is 642 g/mol. The molecule has 236 valence electrons. The SMILES string of the molecule is COC(=O)c1cc(F)c2nc(CN3CCN(c4cccc5c4OC(C)(c4ccc(Cl)cn4)O5)[C@@H]4CC[C@H]43)n(CC3(C#N)CC3)c2c1. The number of rotatable bonds is 7. The summed E-state index contributed by atoms with van der Waals surface area (Å²) in [5, 5.41) is 10.4. The molecule has 0 radical (unpaired) electrons. The Kier molecular flexibility index (Phi) is 6.67. The highest BCUT2D eigenvalue weighted by Gasteiger charge is 2.48. The molecule has 12 heteroatoms. The van der Waals surface area contributed by atoms with Crippen LogP contribution >= 0.6 is 11.6 Å². The number of esters is 1. The van der Waals surface area contributed by atoms with Gasteiger partial charge in [0.15, 0.2) is 17.3 Å². The van der Waals surface area contributed by atoms with Gasteiger partial charge in [0.2, 0.25) is 0 Å². The van der Waals surface area contributed by atoms with Crippen LogP contribution in [0.2, 0.25) is 5.02 Å². The molecule has 3 fully saturated rings. The highest BCUT2D eigenvalue weighted by atomic mass is 35.5. The molecule has 8 rings (SSSR count). The van der Waals surface area contributed by atoms with Crippen molar-refractivity contribution in [1.82, 2.24) is 19.4 Å². The number of benzene rings is 2. The van der Waals surface area contributed by atoms with E-state index in [9.17, 15) is 10.1 Å². The molecule has 2 aromatic carbocycles. The lowest BCUT2D eigenvalue weighted by molar-refractivity contribution is -0.0717. The predicted octanol–water partition coefficient (Wildman–Crippen LogP) is 5.81. The Bertz CT molecular complexity index is 1920. The Morgan fingerprint density at radius 1 is 1.17 bits per heavy atom. The molecule has 0 spiro atoms. The Balaban J connectivity index is 1.07. The highest BCUT2D eigenvalue weighted by molar-refractivity contribution is 6.30. The molecule has 3 atom stereocenters. The molecular formula is C34H32ClFN6O4. The summed E-state index contributed by atoms with van der Waals surface area (Å²) >= 11 is 6.07. The molecule has 1 saturated heterocycles. The highest BCUT2D eigenvalue weighted by Crippen LogP contribution is 2.51. The minimum Gasteiger partial charge on any atom is -0.465 e. The summed E-state index contributed by atoms with van der Waals surface area (Å²) in [5.41, 5.74) is 1.96. The molecular weight excluding hydrogens is 611 g/mol. The summed E-state index contributed by atoms with van der Waals surface area (Å²) in [4.78, 5) is 26.3. The molecule has 4 aliphatic rings. The fourth-order valence-electron chi connectivity index (χ4n) is 7.11. The number of halogens is 2. The van der Waals surface area contributed by atoms with Crippen molar-refractivity contribution in [1.29, 1.82) is 5.26 Å². The van der Waals surface area contributed by atoms with E-state index in [2.05, 4.69) is 26.9 Å². The lowest BCUT2D eigenvalue weighted by Gasteiger charge is -2.54. The van der Waals surface area contributed by atoms with Crippen LogP contribution in [-0.2, 0) is 23.6 Å². The van der Waals surface area contributed by atoms with Crippen molar-refractivity contribution < 1.29 is 23.4 Å². The van der Waals surface area contributed by atoms with E-state index in [1.54, 1.807) is 18.3 Å². The second kappa shape index (κ2) is 10.6. The van der Waals surface area contributed by atoms with Crippen LogP contribution in [0.1, 0.15) is 54.5 Å². The van der Waals surface area contributed by atoms with Crippen molar-refractivity contribution in [2.45, 2.75) is 63.6 Å². The largest absolute Gasteiger partial charge is 0.465 e. The summed E-state index contributed by atoms with van der Waals surface area (Å²) < 4.78 is 34.9. The summed E-state index contributed by atoms with van der Waals surface area (Å²) in [5.74, 6) is -0.202. The fourth-order valence-corrected chi connectivity index (χ4v) is 7.22. The standard InChI is InChI=1S/C34H32ClFN6O4/c1-33(28-9-6-21(35)16-38-28)45-27-5-3-4-25(31(27)46-33)41-13-12-40(23-7-8-24(23)41)17-29-39-30-22(36)14-20(32(43)44-2)15-26(30)42(29)19-34(18-37)10-11-34/h3-6,9,14-16,23-24H,7-8,10-13,17,19H2,1-2H3/t23-,24-,33?/m1/s1. The predicted molar refractivity (Wildman–Crippen MR) is 167 cm³/mol. The second-order valence-electron chi connectivity index (χ2n) is 12.8. The Hall–Kier alpha value is -4.40. The molecule has 2 aliphatic carbocycles. The fraction of sp³-hybridized carbons (Fsp3) is 0.412. The smallest absolute Gasteiger partial charge is 0.338 e. The van der Waals surface area contributed by atoms with Crippen molar-refractivity contribution in [2.24, 2.45) is 5.41 Å². The zero-order valence-electron chi connectivity index (χ0n) is 25.5. The van der Waals surface area contributed by atoms with Gasteiger partial charge < -0.3 is 23.7 Å². The molecule has 2 aliphatic heterocycles. The molecule has 0 amide bonds. The number of hydrogen-bond acceptors (Lipinski definition) is 9. The van der Waals surface area contributed by atoms with Gasteiger partial charge in [0.1, 0.15) is 17.0 Å². The van der Waals surface area contributed by atoms with E-state index < -0.39 is 23.0 Å². The van der Waals surface area contributed by atoms with E-state index in [1.807, 2.05) is 29.7 Å². The first-order chi connectivity index (χ1) is 22.2. The number of imidazole rings is 1. The third kappa shape index (κ3) is 4.65. The minimum atomic E-state index is -1.08. The van der Waals surface area contributed by atoms with Crippen molar-refractivity contribution in [3.05, 3.63) is 76.6 Å². The molecule has 0 bridgehead atoms. The Morgan fingerprint density at radius 2 is 2.00 bits per heavy atom. The van der Waals surface area contributed by atoms with E-state index in [0.29, 0.717) is 46.6 Å². The number of carbonyl (C=O) groups is 1. The average molecular weight is 643 g/mol. The number of nitriles is 1. The van der Waals surface area contributed by atoms with E-state index in [4.69, 9.17) is 30.8 Å². The maximum absolute atomic E-state index is 15.3. The number of nitrogens with zero attached hydrogens (tertiary/aromatic N) is 6. The van der Waals surface area contributed by atoms with Crippen LogP contribution in [0.4, 0.5) is 10.1 Å². The van der Waals surface area contributed by atoms with E-state index >= 15 is 4.39 Å². The Labute approximate surface area is 270 Å². The summed E-state index contributed by atoms with van der Waals surface area (Å²) in [6.07, 6.45) is 5.19. The zero-order valence-corrected chi connectivity index (χ0v) is 26.3. The van der Waals surface area contributed by atoms with Crippen LogP contribution in [0.5, 0.6) is 11.5 Å². The maximum Gasteiger partial charge on any atom is 0.338 e. The van der Waals surface area contributed by atoms with Gasteiger partial charge in [-0.2, -0.15) is 5.26 Å². The van der Waals surface area contributed by atoms with Crippen LogP contribution in [-0.4, -0.2) is 57.7 Å². The van der Waals surface area contributed by atoms with Crippen molar-refractivity contribution in [3.8, 4) is 17.6 Å². The first-order valence-corrected chi connectivity index (χ1v) is 15.9. The zero-order chi connectivity index (χ0) is 31.8. The molecule has 0 N–H and O–H groups in total. The van der Waals surface area contributed by atoms with Gasteiger partial charge in [0, 0.05) is 44.8 Å². The molecule has 46 heavy (non-hydrogen) atoms. The number of aromatic nitrogens is 3. The van der Waals surface area contributed by atoms with Gasteiger partial charge in [-0.15, -0.1) is 0 Å². The molecule has 4 aromatic rings. The maximum atomic E-state index is 15.3.